The van der Waals surface area contributed by atoms with Crippen LogP contribution in [0.2, 0.25) is 0 Å². The molecule has 3 amide bonds. The number of piperazine rings is 1. The molecule has 0 atom stereocenters. The van der Waals surface area contributed by atoms with E-state index >= 15 is 0 Å². The van der Waals surface area contributed by atoms with Crippen molar-refractivity contribution in [3.05, 3.63) is 24.4 Å². The highest BCUT2D eigenvalue weighted by molar-refractivity contribution is 5.91. The Labute approximate surface area is 159 Å². The standard InChI is InChI=1S/C19H26N6O2/c20-9-11-22-17(26)19(7-3-1-4-8-19)23-18(27)25-14-12-24(13-15-25)16-6-2-5-10-21-16/h2,5-6,10H,1,3-4,7-8,11-15H2,(H,22,26)(H,23,27). The number of pyridine rings is 1. The third kappa shape index (κ3) is 4.48. The third-order valence-electron chi connectivity index (χ3n) is 5.36. The van der Waals surface area contributed by atoms with Gasteiger partial charge in [-0.25, -0.2) is 9.78 Å². The number of aromatic nitrogens is 1. The molecule has 1 aliphatic carbocycles. The van der Waals surface area contributed by atoms with Gasteiger partial charge in [-0.2, -0.15) is 5.26 Å². The van der Waals surface area contributed by atoms with Crippen LogP contribution in [-0.2, 0) is 4.79 Å². The van der Waals surface area contributed by atoms with E-state index in [4.69, 9.17) is 5.26 Å². The van der Waals surface area contributed by atoms with Crippen molar-refractivity contribution < 1.29 is 9.59 Å². The zero-order valence-corrected chi connectivity index (χ0v) is 15.5. The average molecular weight is 370 g/mol. The molecule has 144 valence electrons. The van der Waals surface area contributed by atoms with Gasteiger partial charge < -0.3 is 20.4 Å². The number of hydrogen-bond donors (Lipinski definition) is 2. The van der Waals surface area contributed by atoms with Crippen molar-refractivity contribution >= 4 is 17.8 Å². The number of hydrogen-bond acceptors (Lipinski definition) is 5. The minimum Gasteiger partial charge on any atom is -0.353 e. The summed E-state index contributed by atoms with van der Waals surface area (Å²) in [5, 5.41) is 14.4. The predicted molar refractivity (Wildman–Crippen MR) is 101 cm³/mol. The first-order chi connectivity index (χ1) is 13.1. The largest absolute Gasteiger partial charge is 0.353 e. The number of anilines is 1. The Morgan fingerprint density at radius 3 is 2.52 bits per heavy atom. The summed E-state index contributed by atoms with van der Waals surface area (Å²) < 4.78 is 0. The quantitative estimate of drug-likeness (QED) is 0.777. The van der Waals surface area contributed by atoms with E-state index in [2.05, 4.69) is 20.5 Å². The molecule has 8 heteroatoms. The van der Waals surface area contributed by atoms with E-state index in [1.165, 1.54) is 0 Å². The molecule has 0 unspecified atom stereocenters. The summed E-state index contributed by atoms with van der Waals surface area (Å²) in [6.07, 6.45) is 5.85. The van der Waals surface area contributed by atoms with Crippen LogP contribution >= 0.6 is 0 Å². The van der Waals surface area contributed by atoms with Crippen LogP contribution in [0.5, 0.6) is 0 Å². The molecule has 0 bridgehead atoms. The van der Waals surface area contributed by atoms with Crippen LogP contribution in [0, 0.1) is 11.3 Å². The van der Waals surface area contributed by atoms with Gasteiger partial charge in [0.1, 0.15) is 17.9 Å². The lowest BCUT2D eigenvalue weighted by molar-refractivity contribution is -0.128. The van der Waals surface area contributed by atoms with E-state index in [0.717, 1.165) is 25.1 Å². The van der Waals surface area contributed by atoms with Crippen molar-refractivity contribution in [3.63, 3.8) is 0 Å². The first-order valence-electron chi connectivity index (χ1n) is 9.53. The van der Waals surface area contributed by atoms with Crippen molar-refractivity contribution in [2.24, 2.45) is 0 Å². The van der Waals surface area contributed by atoms with Gasteiger partial charge in [0.05, 0.1) is 6.07 Å². The summed E-state index contributed by atoms with van der Waals surface area (Å²) >= 11 is 0. The van der Waals surface area contributed by atoms with E-state index in [0.29, 0.717) is 39.0 Å². The highest BCUT2D eigenvalue weighted by atomic mass is 16.2. The molecular weight excluding hydrogens is 344 g/mol. The second-order valence-corrected chi connectivity index (χ2v) is 7.08. The van der Waals surface area contributed by atoms with E-state index in [1.807, 2.05) is 24.3 Å². The molecule has 1 aromatic heterocycles. The minimum absolute atomic E-state index is 0.0425. The smallest absolute Gasteiger partial charge is 0.318 e. The summed E-state index contributed by atoms with van der Waals surface area (Å²) in [7, 11) is 0. The number of nitrogens with zero attached hydrogens (tertiary/aromatic N) is 4. The average Bonchev–Trinajstić information content (AvgIpc) is 2.73. The normalized spacial score (nSPS) is 19.1. The Morgan fingerprint density at radius 1 is 1.15 bits per heavy atom. The molecule has 2 fully saturated rings. The van der Waals surface area contributed by atoms with Crippen molar-refractivity contribution in [1.29, 1.82) is 5.26 Å². The van der Waals surface area contributed by atoms with Crippen LogP contribution in [0.1, 0.15) is 32.1 Å². The molecule has 8 nitrogen and oxygen atoms in total. The van der Waals surface area contributed by atoms with Gasteiger partial charge in [-0.3, -0.25) is 4.79 Å². The molecule has 27 heavy (non-hydrogen) atoms. The molecule has 1 saturated heterocycles. The van der Waals surface area contributed by atoms with Crippen LogP contribution in [0.25, 0.3) is 0 Å². The summed E-state index contributed by atoms with van der Waals surface area (Å²) in [6.45, 7) is 2.53. The van der Waals surface area contributed by atoms with Crippen LogP contribution in [0.4, 0.5) is 10.6 Å². The number of amides is 3. The van der Waals surface area contributed by atoms with Gasteiger partial charge in [0.15, 0.2) is 0 Å². The molecule has 1 aliphatic heterocycles. The lowest BCUT2D eigenvalue weighted by Gasteiger charge is -2.40. The monoisotopic (exact) mass is 370 g/mol. The van der Waals surface area contributed by atoms with E-state index in [9.17, 15) is 9.59 Å². The zero-order chi connectivity index (χ0) is 19.1. The maximum Gasteiger partial charge on any atom is 0.318 e. The number of carbonyl (C=O) groups excluding carboxylic acids is 2. The van der Waals surface area contributed by atoms with Crippen molar-refractivity contribution in [1.82, 2.24) is 20.5 Å². The first kappa shape index (κ1) is 19.0. The number of nitrogens with one attached hydrogen (secondary N) is 2. The molecule has 2 heterocycles. The highest BCUT2D eigenvalue weighted by Crippen LogP contribution is 2.29. The fourth-order valence-electron chi connectivity index (χ4n) is 3.82. The highest BCUT2D eigenvalue weighted by Gasteiger charge is 2.41. The van der Waals surface area contributed by atoms with Crippen molar-refractivity contribution in [2.75, 3.05) is 37.6 Å². The minimum atomic E-state index is -0.899. The Hall–Kier alpha value is -2.82. The van der Waals surface area contributed by atoms with Gasteiger partial charge in [0.2, 0.25) is 5.91 Å². The number of urea groups is 1. The predicted octanol–water partition coefficient (Wildman–Crippen LogP) is 1.26. The number of rotatable bonds is 4. The lowest BCUT2D eigenvalue weighted by atomic mass is 9.81. The molecule has 1 aromatic rings. The van der Waals surface area contributed by atoms with Gasteiger partial charge in [-0.05, 0) is 25.0 Å². The van der Waals surface area contributed by atoms with Gasteiger partial charge >= 0.3 is 6.03 Å². The lowest BCUT2D eigenvalue weighted by Crippen LogP contribution is -2.63. The van der Waals surface area contributed by atoms with Crippen LogP contribution in [0.15, 0.2) is 24.4 Å². The molecule has 0 spiro atoms. The third-order valence-corrected chi connectivity index (χ3v) is 5.36. The van der Waals surface area contributed by atoms with E-state index in [-0.39, 0.29) is 18.5 Å². The van der Waals surface area contributed by atoms with E-state index in [1.54, 1.807) is 11.1 Å². The van der Waals surface area contributed by atoms with Gasteiger partial charge in [0.25, 0.3) is 0 Å². The fraction of sp³-hybridized carbons (Fsp3) is 0.579. The molecule has 1 saturated carbocycles. The molecule has 2 aliphatic rings. The summed E-state index contributed by atoms with van der Waals surface area (Å²) in [6, 6.07) is 7.52. The summed E-state index contributed by atoms with van der Waals surface area (Å²) in [5.74, 6) is 0.668. The second-order valence-electron chi connectivity index (χ2n) is 7.08. The van der Waals surface area contributed by atoms with Gasteiger partial charge in [-0.15, -0.1) is 0 Å². The van der Waals surface area contributed by atoms with Gasteiger partial charge in [-0.1, -0.05) is 25.3 Å². The summed E-state index contributed by atoms with van der Waals surface area (Å²) in [4.78, 5) is 33.7. The van der Waals surface area contributed by atoms with Crippen molar-refractivity contribution in [2.45, 2.75) is 37.6 Å². The maximum absolute atomic E-state index is 12.8. The Bertz CT molecular complexity index is 688. The van der Waals surface area contributed by atoms with Crippen LogP contribution in [-0.4, -0.2) is 60.1 Å². The van der Waals surface area contributed by atoms with Crippen molar-refractivity contribution in [3.8, 4) is 6.07 Å². The van der Waals surface area contributed by atoms with Gasteiger partial charge in [0, 0.05) is 32.4 Å². The Morgan fingerprint density at radius 2 is 1.89 bits per heavy atom. The Kier molecular flexibility index (Phi) is 6.12. The number of nitriles is 1. The maximum atomic E-state index is 12.8. The molecule has 0 aromatic carbocycles. The van der Waals surface area contributed by atoms with E-state index < -0.39 is 5.54 Å². The second kappa shape index (κ2) is 8.71. The molecule has 2 N–H and O–H groups in total. The van der Waals surface area contributed by atoms with Crippen LogP contribution in [0.3, 0.4) is 0 Å². The molecule has 0 radical (unpaired) electrons. The fourth-order valence-corrected chi connectivity index (χ4v) is 3.82. The topological polar surface area (TPSA) is 101 Å². The SMILES string of the molecule is N#CCNC(=O)C1(NC(=O)N2CCN(c3ccccn3)CC2)CCCCC1. The molecule has 3 rings (SSSR count). The van der Waals surface area contributed by atoms with Crippen LogP contribution < -0.4 is 15.5 Å². The summed E-state index contributed by atoms with van der Waals surface area (Å²) in [5.41, 5.74) is -0.899. The Balaban J connectivity index is 1.59. The number of carbonyl (C=O) groups is 2. The zero-order valence-electron chi connectivity index (χ0n) is 15.5. The molecular formula is C19H26N6O2. The first-order valence-corrected chi connectivity index (χ1v) is 9.53.